The molecule has 2 atom stereocenters. The summed E-state index contributed by atoms with van der Waals surface area (Å²) in [6.45, 7) is 0. The Balaban J connectivity index is -0.000000376. The molecule has 14 heteroatoms. The predicted molar refractivity (Wildman–Crippen MR) is 100 cm³/mol. The van der Waals surface area contributed by atoms with Crippen molar-refractivity contribution in [2.45, 2.75) is 9.79 Å². The molecule has 0 saturated carbocycles. The van der Waals surface area contributed by atoms with Gasteiger partial charge in [0.2, 0.25) is 9.84 Å². The van der Waals surface area contributed by atoms with E-state index in [2.05, 4.69) is 10.6 Å². The molecule has 2 aromatic carbocycles. The average Bonchev–Trinajstić information content (AvgIpc) is 2.59. The van der Waals surface area contributed by atoms with Gasteiger partial charge in [0.1, 0.15) is 11.8 Å². The fourth-order valence-electron chi connectivity index (χ4n) is 1.93. The fourth-order valence-corrected chi connectivity index (χ4v) is 3.77. The maximum Gasteiger partial charge on any atom is 1.00 e. The smallest absolute Gasteiger partial charge is 1.00 e. The predicted octanol–water partition coefficient (Wildman–Crippen LogP) is -6.95. The minimum Gasteiger partial charge on any atom is -1.00 e. The molecule has 0 heterocycles. The first kappa shape index (κ1) is 31.4. The van der Waals surface area contributed by atoms with Gasteiger partial charge in [0.15, 0.2) is 22.2 Å². The summed E-state index contributed by atoms with van der Waals surface area (Å²) in [6, 6.07) is 11.6. The first-order valence-corrected chi connectivity index (χ1v) is 10.9. The van der Waals surface area contributed by atoms with Gasteiger partial charge in [0.05, 0.1) is 9.79 Å². The van der Waals surface area contributed by atoms with Gasteiger partial charge < -0.3 is 24.0 Å². The van der Waals surface area contributed by atoms with Gasteiger partial charge >= 0.3 is 88.7 Å². The standard InChI is InChI=1S/C14H16N2O6S3.3Na.3H/c17-23(18)9-15-11-1-5-13(6-2-11)25(21,22)14-7-3-12(4-8-14)16-10-24(19)20;;;;;;/h1-8,15-16H,9-10H2,(H,17,18)(H,19,20);;;;;;/q;3*+1;3*-1. The number of hydrogen-bond donors (Lipinski definition) is 4. The summed E-state index contributed by atoms with van der Waals surface area (Å²) in [6.07, 6.45) is 0. The summed E-state index contributed by atoms with van der Waals surface area (Å²) in [5.41, 5.74) is 1.05. The third-order valence-corrected chi connectivity index (χ3v) is 5.70. The molecule has 0 aliphatic heterocycles. The van der Waals surface area contributed by atoms with Crippen molar-refractivity contribution in [3.05, 3.63) is 48.5 Å². The Kier molecular flexibility index (Phi) is 16.9. The van der Waals surface area contributed by atoms with E-state index in [0.29, 0.717) is 11.4 Å². The molecular weight excluding hydrogens is 457 g/mol. The second kappa shape index (κ2) is 15.1. The van der Waals surface area contributed by atoms with Gasteiger partial charge in [0.25, 0.3) is 0 Å². The molecule has 2 unspecified atom stereocenters. The SMILES string of the molecule is O=S(O)CNc1ccc(S(=O)(=O)c2ccc(NCS(=O)O)cc2)cc1.[H-].[H-].[H-].[Na+].[Na+].[Na+]. The molecule has 0 aromatic heterocycles. The maximum absolute atomic E-state index is 12.6. The molecular formula is C14H19N2Na3O6S3. The largest absolute Gasteiger partial charge is 1.00 e. The van der Waals surface area contributed by atoms with Crippen LogP contribution in [0, 0.1) is 0 Å². The van der Waals surface area contributed by atoms with Crippen molar-refractivity contribution < 1.29 is 119 Å². The number of benzene rings is 2. The molecule has 28 heavy (non-hydrogen) atoms. The van der Waals surface area contributed by atoms with Crippen molar-refractivity contribution >= 4 is 43.4 Å². The second-order valence-corrected chi connectivity index (χ2v) is 8.65. The molecule has 0 aliphatic carbocycles. The van der Waals surface area contributed by atoms with E-state index >= 15 is 0 Å². The monoisotopic (exact) mass is 476 g/mol. The van der Waals surface area contributed by atoms with Gasteiger partial charge in [0, 0.05) is 11.4 Å². The summed E-state index contributed by atoms with van der Waals surface area (Å²) < 4.78 is 63.8. The molecule has 0 radical (unpaired) electrons. The molecule has 0 spiro atoms. The Hall–Kier alpha value is 1.21. The number of hydrogen-bond acceptors (Lipinski definition) is 6. The molecule has 142 valence electrons. The Bertz CT molecular complexity index is 827. The minimum atomic E-state index is -3.71. The van der Waals surface area contributed by atoms with Crippen LogP contribution < -0.4 is 99.3 Å². The van der Waals surface area contributed by atoms with E-state index in [-0.39, 0.29) is 114 Å². The van der Waals surface area contributed by atoms with Gasteiger partial charge in [-0.3, -0.25) is 0 Å². The van der Waals surface area contributed by atoms with Crippen molar-refractivity contribution in [3.63, 3.8) is 0 Å². The molecule has 0 amide bonds. The summed E-state index contributed by atoms with van der Waals surface area (Å²) >= 11 is -3.99. The molecule has 8 nitrogen and oxygen atoms in total. The van der Waals surface area contributed by atoms with Crippen LogP contribution in [-0.4, -0.2) is 37.7 Å². The van der Waals surface area contributed by atoms with Gasteiger partial charge in [-0.1, -0.05) is 0 Å². The van der Waals surface area contributed by atoms with E-state index < -0.39 is 32.0 Å². The zero-order chi connectivity index (χ0) is 18.4. The van der Waals surface area contributed by atoms with Crippen LogP contribution in [0.25, 0.3) is 0 Å². The third kappa shape index (κ3) is 10.0. The van der Waals surface area contributed by atoms with Crippen molar-refractivity contribution in [1.29, 1.82) is 0 Å². The molecule has 0 fully saturated rings. The van der Waals surface area contributed by atoms with Crippen LogP contribution in [0.1, 0.15) is 4.28 Å². The Labute approximate surface area is 239 Å². The zero-order valence-corrected chi connectivity index (χ0v) is 24.2. The molecule has 2 aromatic rings. The first-order chi connectivity index (χ1) is 11.8. The average molecular weight is 476 g/mol. The van der Waals surface area contributed by atoms with E-state index in [4.69, 9.17) is 9.11 Å². The van der Waals surface area contributed by atoms with E-state index in [1.165, 1.54) is 48.5 Å². The number of rotatable bonds is 8. The quantitative estimate of drug-likeness (QED) is 0.218. The van der Waals surface area contributed by atoms with Crippen molar-refractivity contribution in [2.24, 2.45) is 0 Å². The van der Waals surface area contributed by atoms with Crippen LogP contribution in [0.5, 0.6) is 0 Å². The van der Waals surface area contributed by atoms with Crippen molar-refractivity contribution in [3.8, 4) is 0 Å². The molecule has 4 N–H and O–H groups in total. The minimum absolute atomic E-state index is 0. The number of anilines is 2. The zero-order valence-electron chi connectivity index (χ0n) is 18.8. The van der Waals surface area contributed by atoms with Crippen LogP contribution in [0.15, 0.2) is 58.3 Å². The first-order valence-electron chi connectivity index (χ1n) is 6.87. The number of sulfone groups is 1. The third-order valence-electron chi connectivity index (χ3n) is 3.13. The summed E-state index contributed by atoms with van der Waals surface area (Å²) in [4.78, 5) is 0.167. The summed E-state index contributed by atoms with van der Waals surface area (Å²) in [5.74, 6) is -0.307. The van der Waals surface area contributed by atoms with Crippen LogP contribution in [0.3, 0.4) is 0 Å². The number of nitrogens with one attached hydrogen (secondary N) is 2. The second-order valence-electron chi connectivity index (χ2n) is 4.84. The van der Waals surface area contributed by atoms with Crippen LogP contribution in [0.4, 0.5) is 11.4 Å². The van der Waals surface area contributed by atoms with Gasteiger partial charge in [-0.05, 0) is 48.5 Å². The van der Waals surface area contributed by atoms with Gasteiger partial charge in [-0.2, -0.15) is 0 Å². The Morgan fingerprint density at radius 1 is 0.714 bits per heavy atom. The maximum atomic E-state index is 12.6. The van der Waals surface area contributed by atoms with E-state index in [9.17, 15) is 16.8 Å². The van der Waals surface area contributed by atoms with Crippen LogP contribution in [-0.2, 0) is 32.0 Å². The molecule has 0 aliphatic rings. The van der Waals surface area contributed by atoms with E-state index in [1.54, 1.807) is 0 Å². The fraction of sp³-hybridized carbons (Fsp3) is 0.143. The molecule has 0 saturated heterocycles. The summed E-state index contributed by atoms with van der Waals surface area (Å²) in [7, 11) is -3.71. The van der Waals surface area contributed by atoms with E-state index in [1.807, 2.05) is 0 Å². The van der Waals surface area contributed by atoms with E-state index in [0.717, 1.165) is 0 Å². The van der Waals surface area contributed by atoms with Gasteiger partial charge in [-0.25, -0.2) is 16.8 Å². The van der Waals surface area contributed by atoms with Crippen molar-refractivity contribution in [2.75, 3.05) is 22.4 Å². The summed E-state index contributed by atoms with van der Waals surface area (Å²) in [5, 5.41) is 5.39. The van der Waals surface area contributed by atoms with Crippen LogP contribution in [0.2, 0.25) is 0 Å². The van der Waals surface area contributed by atoms with Crippen LogP contribution >= 0.6 is 0 Å². The van der Waals surface area contributed by atoms with Crippen molar-refractivity contribution in [1.82, 2.24) is 0 Å². The topological polar surface area (TPSA) is 133 Å². The van der Waals surface area contributed by atoms with Gasteiger partial charge in [-0.15, -0.1) is 0 Å². The molecule has 0 bridgehead atoms. The Morgan fingerprint density at radius 3 is 1.25 bits per heavy atom. The normalized spacial score (nSPS) is 12.4. The molecule has 2 rings (SSSR count). The Morgan fingerprint density at radius 2 is 1.00 bits per heavy atom.